The Morgan fingerprint density at radius 3 is 2.34 bits per heavy atom. The fourth-order valence-electron chi connectivity index (χ4n) is 2.77. The summed E-state index contributed by atoms with van der Waals surface area (Å²) < 4.78 is 13.3. The van der Waals surface area contributed by atoms with Gasteiger partial charge < -0.3 is 19.4 Å². The first kappa shape index (κ1) is 20.5. The Kier molecular flexibility index (Phi) is 7.28. The van der Waals surface area contributed by atoms with Crippen LogP contribution in [0.25, 0.3) is 0 Å². The molecule has 2 aromatic carbocycles. The van der Waals surface area contributed by atoms with Crippen molar-refractivity contribution in [2.45, 2.75) is 32.8 Å². The van der Waals surface area contributed by atoms with Gasteiger partial charge in [-0.25, -0.2) is 4.98 Å². The van der Waals surface area contributed by atoms with E-state index in [4.69, 9.17) is 9.47 Å². The number of carbonyl (C=O) groups excluding carboxylic acids is 1. The molecule has 0 aliphatic heterocycles. The van der Waals surface area contributed by atoms with Crippen molar-refractivity contribution in [1.82, 2.24) is 9.55 Å². The Labute approximate surface area is 171 Å². The summed E-state index contributed by atoms with van der Waals surface area (Å²) >= 11 is 0. The fourth-order valence-corrected chi connectivity index (χ4v) is 2.77. The number of nitrogens with zero attached hydrogens (tertiary/aromatic N) is 2. The van der Waals surface area contributed by atoms with Crippen LogP contribution in [0, 0.1) is 0 Å². The molecule has 0 radical (unpaired) electrons. The van der Waals surface area contributed by atoms with Crippen LogP contribution in [-0.4, -0.2) is 22.1 Å². The topological polar surface area (TPSA) is 65.4 Å². The minimum atomic E-state index is -0.163. The smallest absolute Gasteiger partial charge is 0.255 e. The molecule has 3 rings (SSSR count). The zero-order valence-corrected chi connectivity index (χ0v) is 16.9. The minimum Gasteiger partial charge on any atom is -0.494 e. The van der Waals surface area contributed by atoms with E-state index in [1.807, 2.05) is 54.2 Å². The van der Waals surface area contributed by atoms with E-state index in [9.17, 15) is 4.79 Å². The maximum atomic E-state index is 12.4. The predicted molar refractivity (Wildman–Crippen MR) is 113 cm³/mol. The molecule has 1 N–H and O–H groups in total. The molecular formula is C23H27N3O3. The highest BCUT2D eigenvalue weighted by Crippen LogP contribution is 2.18. The first-order chi connectivity index (χ1) is 14.2. The van der Waals surface area contributed by atoms with Crippen LogP contribution >= 0.6 is 0 Å². The highest BCUT2D eigenvalue weighted by molar-refractivity contribution is 6.04. The van der Waals surface area contributed by atoms with Crippen LogP contribution in [0.1, 0.15) is 42.4 Å². The maximum absolute atomic E-state index is 12.4. The molecule has 0 bridgehead atoms. The van der Waals surface area contributed by atoms with Crippen molar-refractivity contribution < 1.29 is 14.3 Å². The van der Waals surface area contributed by atoms with Gasteiger partial charge in [0.1, 0.15) is 23.9 Å². The second-order valence-electron chi connectivity index (χ2n) is 6.80. The number of nitrogens with one attached hydrogen (secondary N) is 1. The van der Waals surface area contributed by atoms with Crippen molar-refractivity contribution in [2.75, 3.05) is 11.9 Å². The average molecular weight is 393 g/mol. The molecule has 6 nitrogen and oxygen atoms in total. The molecule has 1 amide bonds. The third-order valence-corrected chi connectivity index (χ3v) is 4.53. The summed E-state index contributed by atoms with van der Waals surface area (Å²) in [4.78, 5) is 16.7. The average Bonchev–Trinajstić information content (AvgIpc) is 3.16. The Balaban J connectivity index is 1.49. The number of carbonyl (C=O) groups is 1. The zero-order chi connectivity index (χ0) is 20.5. The molecule has 152 valence electrons. The first-order valence-corrected chi connectivity index (χ1v) is 9.89. The summed E-state index contributed by atoms with van der Waals surface area (Å²) in [7, 11) is 1.93. The lowest BCUT2D eigenvalue weighted by Gasteiger charge is -2.09. The summed E-state index contributed by atoms with van der Waals surface area (Å²) in [5.74, 6) is 2.19. The second-order valence-corrected chi connectivity index (χ2v) is 6.80. The Hall–Kier alpha value is -3.28. The molecule has 0 fully saturated rings. The largest absolute Gasteiger partial charge is 0.494 e. The number of benzene rings is 2. The number of aromatic nitrogens is 2. The molecule has 0 atom stereocenters. The lowest BCUT2D eigenvalue weighted by Crippen LogP contribution is -2.11. The van der Waals surface area contributed by atoms with Crippen molar-refractivity contribution >= 4 is 11.6 Å². The van der Waals surface area contributed by atoms with Gasteiger partial charge in [-0.15, -0.1) is 0 Å². The summed E-state index contributed by atoms with van der Waals surface area (Å²) in [5.41, 5.74) is 1.29. The van der Waals surface area contributed by atoms with Crippen molar-refractivity contribution in [3.8, 4) is 11.5 Å². The molecule has 1 aromatic heterocycles. The Bertz CT molecular complexity index is 902. The van der Waals surface area contributed by atoms with Crippen LogP contribution in [0.5, 0.6) is 11.5 Å². The molecule has 3 aromatic rings. The molecule has 0 aliphatic rings. The maximum Gasteiger partial charge on any atom is 0.255 e. The van der Waals surface area contributed by atoms with Gasteiger partial charge in [-0.3, -0.25) is 4.79 Å². The van der Waals surface area contributed by atoms with Gasteiger partial charge in [0.05, 0.1) is 6.61 Å². The molecule has 0 spiro atoms. The van der Waals surface area contributed by atoms with E-state index in [0.717, 1.165) is 30.2 Å². The van der Waals surface area contributed by atoms with Crippen LogP contribution in [0.3, 0.4) is 0 Å². The van der Waals surface area contributed by atoms with Crippen LogP contribution < -0.4 is 14.8 Å². The monoisotopic (exact) mass is 393 g/mol. The van der Waals surface area contributed by atoms with Gasteiger partial charge in [-0.2, -0.15) is 0 Å². The van der Waals surface area contributed by atoms with Gasteiger partial charge in [0, 0.05) is 30.7 Å². The summed E-state index contributed by atoms with van der Waals surface area (Å²) in [6.07, 6.45) is 6.98. The normalized spacial score (nSPS) is 10.6. The number of aryl methyl sites for hydroxylation is 1. The number of amides is 1. The molecule has 29 heavy (non-hydrogen) atoms. The number of hydrogen-bond acceptors (Lipinski definition) is 4. The third kappa shape index (κ3) is 6.10. The van der Waals surface area contributed by atoms with Gasteiger partial charge in [0.15, 0.2) is 0 Å². The number of ether oxygens (including phenoxy) is 2. The molecule has 0 saturated heterocycles. The highest BCUT2D eigenvalue weighted by Gasteiger charge is 2.07. The molecule has 1 heterocycles. The summed E-state index contributed by atoms with van der Waals surface area (Å²) in [6.45, 7) is 3.26. The van der Waals surface area contributed by atoms with Gasteiger partial charge in [0.25, 0.3) is 5.91 Å². The Morgan fingerprint density at radius 2 is 1.69 bits per heavy atom. The Morgan fingerprint density at radius 1 is 1.00 bits per heavy atom. The van der Waals surface area contributed by atoms with Crippen molar-refractivity contribution in [3.63, 3.8) is 0 Å². The van der Waals surface area contributed by atoms with Crippen LogP contribution in [0.15, 0.2) is 60.9 Å². The minimum absolute atomic E-state index is 0.163. The standard InChI is InChI=1S/C23H27N3O3/c1-3-4-5-16-28-20-10-6-18(7-11-20)23(27)25-19-8-12-21(13-9-19)29-17-22-24-14-15-26(22)2/h6-15H,3-5,16-17H2,1-2H3,(H,25,27). The molecule has 0 saturated carbocycles. The number of anilines is 1. The van der Waals surface area contributed by atoms with E-state index in [1.54, 1.807) is 18.3 Å². The van der Waals surface area contributed by atoms with Gasteiger partial charge in [-0.05, 0) is 55.0 Å². The SMILES string of the molecule is CCCCCOc1ccc(C(=O)Nc2ccc(OCc3nccn3C)cc2)cc1. The number of unbranched alkanes of at least 4 members (excludes halogenated alkanes) is 2. The van der Waals surface area contributed by atoms with Crippen molar-refractivity contribution in [1.29, 1.82) is 0 Å². The van der Waals surface area contributed by atoms with E-state index in [-0.39, 0.29) is 5.91 Å². The van der Waals surface area contributed by atoms with Gasteiger partial charge in [0.2, 0.25) is 0 Å². The quantitative estimate of drug-likeness (QED) is 0.502. The lowest BCUT2D eigenvalue weighted by molar-refractivity contribution is 0.102. The number of rotatable bonds is 10. The van der Waals surface area contributed by atoms with Crippen LogP contribution in [-0.2, 0) is 13.7 Å². The predicted octanol–water partition coefficient (Wildman–Crippen LogP) is 4.82. The number of hydrogen-bond donors (Lipinski definition) is 1. The highest BCUT2D eigenvalue weighted by atomic mass is 16.5. The van der Waals surface area contributed by atoms with Crippen LogP contribution in [0.2, 0.25) is 0 Å². The lowest BCUT2D eigenvalue weighted by atomic mass is 10.2. The van der Waals surface area contributed by atoms with E-state index in [1.165, 1.54) is 6.42 Å². The van der Waals surface area contributed by atoms with E-state index in [2.05, 4.69) is 17.2 Å². The molecule has 0 unspecified atom stereocenters. The van der Waals surface area contributed by atoms with Crippen molar-refractivity contribution in [3.05, 3.63) is 72.3 Å². The van der Waals surface area contributed by atoms with E-state index in [0.29, 0.717) is 24.5 Å². The summed E-state index contributed by atoms with van der Waals surface area (Å²) in [6, 6.07) is 14.5. The fraction of sp³-hybridized carbons (Fsp3) is 0.304. The molecule has 0 aliphatic carbocycles. The van der Waals surface area contributed by atoms with E-state index < -0.39 is 0 Å². The number of imidazole rings is 1. The third-order valence-electron chi connectivity index (χ3n) is 4.53. The van der Waals surface area contributed by atoms with Crippen LogP contribution in [0.4, 0.5) is 5.69 Å². The molecular weight excluding hydrogens is 366 g/mol. The van der Waals surface area contributed by atoms with E-state index >= 15 is 0 Å². The molecule has 6 heteroatoms. The second kappa shape index (κ2) is 10.3. The summed E-state index contributed by atoms with van der Waals surface area (Å²) in [5, 5.41) is 2.89. The first-order valence-electron chi connectivity index (χ1n) is 9.89. The van der Waals surface area contributed by atoms with Gasteiger partial charge in [-0.1, -0.05) is 19.8 Å². The van der Waals surface area contributed by atoms with Crippen molar-refractivity contribution in [2.24, 2.45) is 7.05 Å². The zero-order valence-electron chi connectivity index (χ0n) is 16.9. The van der Waals surface area contributed by atoms with Gasteiger partial charge >= 0.3 is 0 Å².